The normalized spacial score (nSPS) is 14.7. The summed E-state index contributed by atoms with van der Waals surface area (Å²) in [6, 6.07) is 3.79. The molecule has 3 aromatic rings. The predicted octanol–water partition coefficient (Wildman–Crippen LogP) is 3.22. The summed E-state index contributed by atoms with van der Waals surface area (Å²) in [6.07, 6.45) is 4.95. The Hall–Kier alpha value is -3.23. The minimum absolute atomic E-state index is 0.0294. The number of aryl methyl sites for hydroxylation is 3. The first-order chi connectivity index (χ1) is 15.0. The molecular formula is C22H28N6O3. The van der Waals surface area contributed by atoms with Crippen molar-refractivity contribution in [3.63, 3.8) is 0 Å². The fraction of sp³-hybridized carbons (Fsp3) is 0.500. The van der Waals surface area contributed by atoms with Gasteiger partial charge in [0.25, 0.3) is 5.89 Å². The summed E-state index contributed by atoms with van der Waals surface area (Å²) in [6.45, 7) is 7.68. The van der Waals surface area contributed by atoms with Crippen LogP contribution in [0.5, 0.6) is 0 Å². The average Bonchev–Trinajstić information content (AvgIpc) is 3.41. The van der Waals surface area contributed by atoms with Gasteiger partial charge in [-0.1, -0.05) is 12.1 Å². The highest BCUT2D eigenvalue weighted by atomic mass is 16.5. The number of hydrogen-bond donors (Lipinski definition) is 1. The number of carbonyl (C=O) groups excluding carboxylic acids is 1. The lowest BCUT2D eigenvalue weighted by atomic mass is 9.95. The number of amides is 1. The molecule has 0 unspecified atom stereocenters. The van der Waals surface area contributed by atoms with Crippen LogP contribution in [0.4, 0.5) is 5.82 Å². The van der Waals surface area contributed by atoms with Crippen molar-refractivity contribution in [2.75, 3.05) is 18.0 Å². The minimum Gasteiger partial charge on any atom is -0.465 e. The van der Waals surface area contributed by atoms with Crippen LogP contribution in [0.2, 0.25) is 0 Å². The molecule has 0 aromatic carbocycles. The summed E-state index contributed by atoms with van der Waals surface area (Å²) >= 11 is 0. The molecule has 4 rings (SSSR count). The third-order valence-corrected chi connectivity index (χ3v) is 5.46. The number of nitrogens with one attached hydrogen (secondary N) is 1. The molecule has 31 heavy (non-hydrogen) atoms. The van der Waals surface area contributed by atoms with Crippen LogP contribution in [-0.2, 0) is 17.8 Å². The third kappa shape index (κ3) is 4.92. The topological polar surface area (TPSA) is 110 Å². The number of carbonyl (C=O) groups is 1. The Morgan fingerprint density at radius 3 is 2.74 bits per heavy atom. The van der Waals surface area contributed by atoms with Gasteiger partial charge < -0.3 is 19.2 Å². The maximum absolute atomic E-state index is 12.6. The van der Waals surface area contributed by atoms with E-state index in [9.17, 15) is 4.79 Å². The van der Waals surface area contributed by atoms with Crippen LogP contribution in [0, 0.1) is 19.8 Å². The van der Waals surface area contributed by atoms with Gasteiger partial charge in [0.15, 0.2) is 5.82 Å². The van der Waals surface area contributed by atoms with Crippen LogP contribution in [0.3, 0.4) is 0 Å². The molecule has 4 heterocycles. The maximum atomic E-state index is 12.6. The van der Waals surface area contributed by atoms with Gasteiger partial charge in [0.1, 0.15) is 28.7 Å². The van der Waals surface area contributed by atoms with Crippen LogP contribution in [0.15, 0.2) is 27.3 Å². The number of nitrogens with zero attached hydrogens (tertiary/aromatic N) is 5. The van der Waals surface area contributed by atoms with E-state index in [2.05, 4.69) is 37.2 Å². The average molecular weight is 425 g/mol. The van der Waals surface area contributed by atoms with Gasteiger partial charge in [-0.25, -0.2) is 9.97 Å². The molecule has 0 saturated carbocycles. The summed E-state index contributed by atoms with van der Waals surface area (Å²) in [4.78, 5) is 28.2. The third-order valence-electron chi connectivity index (χ3n) is 5.46. The van der Waals surface area contributed by atoms with Gasteiger partial charge in [-0.05, 0) is 45.2 Å². The van der Waals surface area contributed by atoms with Crippen molar-refractivity contribution in [1.29, 1.82) is 0 Å². The Morgan fingerprint density at radius 2 is 2.03 bits per heavy atom. The SMILES string of the molecule is CCCc1noc(-c2cnc(C)nc2N2CCC(C(=O)NCc3ccc(C)o3)CC2)n1. The van der Waals surface area contributed by atoms with Crippen molar-refractivity contribution in [1.82, 2.24) is 25.4 Å². The molecule has 9 nitrogen and oxygen atoms in total. The van der Waals surface area contributed by atoms with E-state index in [1.165, 1.54) is 0 Å². The van der Waals surface area contributed by atoms with Crippen LogP contribution >= 0.6 is 0 Å². The van der Waals surface area contributed by atoms with Crippen molar-refractivity contribution in [3.05, 3.63) is 41.5 Å². The van der Waals surface area contributed by atoms with Crippen molar-refractivity contribution >= 4 is 11.7 Å². The van der Waals surface area contributed by atoms with Crippen LogP contribution < -0.4 is 10.2 Å². The summed E-state index contributed by atoms with van der Waals surface area (Å²) in [7, 11) is 0. The second-order valence-electron chi connectivity index (χ2n) is 7.91. The van der Waals surface area contributed by atoms with Crippen LogP contribution in [0.25, 0.3) is 11.5 Å². The van der Waals surface area contributed by atoms with Crippen LogP contribution in [0.1, 0.15) is 49.4 Å². The summed E-state index contributed by atoms with van der Waals surface area (Å²) in [5.41, 5.74) is 0.733. The van der Waals surface area contributed by atoms with Gasteiger partial charge in [-0.15, -0.1) is 0 Å². The molecule has 1 amide bonds. The molecule has 0 aliphatic carbocycles. The molecule has 9 heteroatoms. The van der Waals surface area contributed by atoms with Crippen molar-refractivity contribution < 1.29 is 13.7 Å². The summed E-state index contributed by atoms with van der Waals surface area (Å²) < 4.78 is 11.0. The fourth-order valence-corrected chi connectivity index (χ4v) is 3.79. The Kier molecular flexibility index (Phi) is 6.29. The van der Waals surface area contributed by atoms with E-state index >= 15 is 0 Å². The maximum Gasteiger partial charge on any atom is 0.263 e. The molecule has 164 valence electrons. The van der Waals surface area contributed by atoms with Crippen molar-refractivity contribution in [3.8, 4) is 11.5 Å². The monoisotopic (exact) mass is 424 g/mol. The molecule has 1 saturated heterocycles. The highest BCUT2D eigenvalue weighted by molar-refractivity contribution is 5.79. The predicted molar refractivity (Wildman–Crippen MR) is 114 cm³/mol. The zero-order chi connectivity index (χ0) is 21.8. The van der Waals surface area contributed by atoms with Gasteiger partial charge in [-0.3, -0.25) is 4.79 Å². The zero-order valence-electron chi connectivity index (χ0n) is 18.2. The van der Waals surface area contributed by atoms with E-state index < -0.39 is 0 Å². The van der Waals surface area contributed by atoms with E-state index in [0.717, 1.165) is 61.7 Å². The second-order valence-corrected chi connectivity index (χ2v) is 7.91. The minimum atomic E-state index is -0.0294. The Balaban J connectivity index is 1.41. The highest BCUT2D eigenvalue weighted by Gasteiger charge is 2.28. The van der Waals surface area contributed by atoms with Gasteiger partial charge in [0, 0.05) is 31.6 Å². The van der Waals surface area contributed by atoms with Crippen molar-refractivity contribution in [2.45, 2.75) is 53.0 Å². The van der Waals surface area contributed by atoms with E-state index in [1.807, 2.05) is 26.0 Å². The Morgan fingerprint density at radius 1 is 1.23 bits per heavy atom. The molecule has 1 N–H and O–H groups in total. The van der Waals surface area contributed by atoms with Gasteiger partial charge in [-0.2, -0.15) is 4.98 Å². The van der Waals surface area contributed by atoms with E-state index in [4.69, 9.17) is 8.94 Å². The van der Waals surface area contributed by atoms with E-state index in [1.54, 1.807) is 6.20 Å². The molecule has 1 aliphatic heterocycles. The molecule has 0 radical (unpaired) electrons. The lowest BCUT2D eigenvalue weighted by Crippen LogP contribution is -2.41. The van der Waals surface area contributed by atoms with Gasteiger partial charge in [0.05, 0.1) is 6.54 Å². The standard InChI is InChI=1S/C22H28N6O3/c1-4-5-19-26-22(31-27-19)18-13-23-15(3)25-20(18)28-10-8-16(9-11-28)21(29)24-12-17-7-6-14(2)30-17/h6-7,13,16H,4-5,8-12H2,1-3H3,(H,24,29). The van der Waals surface area contributed by atoms with Gasteiger partial charge in [0.2, 0.25) is 5.91 Å². The molecule has 1 fully saturated rings. The first-order valence-corrected chi connectivity index (χ1v) is 10.8. The largest absolute Gasteiger partial charge is 0.465 e. The fourth-order valence-electron chi connectivity index (χ4n) is 3.79. The number of hydrogen-bond acceptors (Lipinski definition) is 8. The number of anilines is 1. The quantitative estimate of drug-likeness (QED) is 0.616. The van der Waals surface area contributed by atoms with E-state index in [-0.39, 0.29) is 11.8 Å². The summed E-state index contributed by atoms with van der Waals surface area (Å²) in [5.74, 6) is 4.23. The Labute approximate surface area is 181 Å². The molecule has 0 spiro atoms. The van der Waals surface area contributed by atoms with Gasteiger partial charge >= 0.3 is 0 Å². The number of piperidine rings is 1. The summed E-state index contributed by atoms with van der Waals surface area (Å²) in [5, 5.41) is 7.04. The first-order valence-electron chi connectivity index (χ1n) is 10.8. The molecular weight excluding hydrogens is 396 g/mol. The molecule has 3 aromatic heterocycles. The molecule has 1 aliphatic rings. The van der Waals surface area contributed by atoms with Crippen molar-refractivity contribution in [2.24, 2.45) is 5.92 Å². The van der Waals surface area contributed by atoms with Crippen LogP contribution in [-0.4, -0.2) is 39.1 Å². The molecule has 0 bridgehead atoms. The number of aromatic nitrogens is 4. The zero-order valence-corrected chi connectivity index (χ0v) is 18.2. The second kappa shape index (κ2) is 9.28. The number of furan rings is 1. The number of rotatable bonds is 7. The highest BCUT2D eigenvalue weighted by Crippen LogP contribution is 2.31. The van der Waals surface area contributed by atoms with E-state index in [0.29, 0.717) is 24.1 Å². The smallest absolute Gasteiger partial charge is 0.263 e. The Bertz CT molecular complexity index is 1040. The first kappa shape index (κ1) is 21.0. The molecule has 0 atom stereocenters. The lowest BCUT2D eigenvalue weighted by Gasteiger charge is -2.32. The lowest BCUT2D eigenvalue weighted by molar-refractivity contribution is -0.125.